The average molecular weight is 182 g/mol. The SMILES string of the molecule is CC(=CCC1CCCCC1)C(=O)O. The van der Waals surface area contributed by atoms with Crippen molar-refractivity contribution in [2.75, 3.05) is 0 Å². The van der Waals surface area contributed by atoms with Gasteiger partial charge in [0.1, 0.15) is 0 Å². The first-order chi connectivity index (χ1) is 6.20. The Balaban J connectivity index is 2.31. The van der Waals surface area contributed by atoms with Crippen molar-refractivity contribution in [1.82, 2.24) is 0 Å². The smallest absolute Gasteiger partial charge is 0.330 e. The monoisotopic (exact) mass is 182 g/mol. The van der Waals surface area contributed by atoms with Gasteiger partial charge in [0.15, 0.2) is 0 Å². The molecule has 13 heavy (non-hydrogen) atoms. The van der Waals surface area contributed by atoms with Gasteiger partial charge in [-0.15, -0.1) is 0 Å². The molecule has 1 aliphatic rings. The van der Waals surface area contributed by atoms with Crippen molar-refractivity contribution in [3.8, 4) is 0 Å². The zero-order valence-corrected chi connectivity index (χ0v) is 8.25. The normalized spacial score (nSPS) is 20.2. The van der Waals surface area contributed by atoms with Gasteiger partial charge in [0.25, 0.3) is 0 Å². The maximum Gasteiger partial charge on any atom is 0.330 e. The van der Waals surface area contributed by atoms with E-state index in [2.05, 4.69) is 0 Å². The van der Waals surface area contributed by atoms with Crippen molar-refractivity contribution in [2.45, 2.75) is 45.4 Å². The van der Waals surface area contributed by atoms with Crippen molar-refractivity contribution in [1.29, 1.82) is 0 Å². The van der Waals surface area contributed by atoms with Crippen molar-refractivity contribution in [3.63, 3.8) is 0 Å². The number of hydrogen-bond acceptors (Lipinski definition) is 1. The van der Waals surface area contributed by atoms with Crippen LogP contribution in [0.5, 0.6) is 0 Å². The standard InChI is InChI=1S/C11H18O2/c1-9(11(12)13)7-8-10-5-3-2-4-6-10/h7,10H,2-6,8H2,1H3,(H,12,13). The molecule has 1 N–H and O–H groups in total. The van der Waals surface area contributed by atoms with E-state index < -0.39 is 5.97 Å². The lowest BCUT2D eigenvalue weighted by Gasteiger charge is -2.19. The largest absolute Gasteiger partial charge is 0.478 e. The van der Waals surface area contributed by atoms with E-state index in [1.807, 2.05) is 6.08 Å². The molecular weight excluding hydrogens is 164 g/mol. The van der Waals surface area contributed by atoms with E-state index in [4.69, 9.17) is 5.11 Å². The molecule has 1 saturated carbocycles. The Morgan fingerprint density at radius 2 is 2.00 bits per heavy atom. The van der Waals surface area contributed by atoms with Crippen molar-refractivity contribution in [2.24, 2.45) is 5.92 Å². The third-order valence-corrected chi connectivity index (χ3v) is 2.82. The predicted molar refractivity (Wildman–Crippen MR) is 52.6 cm³/mol. The maximum absolute atomic E-state index is 10.5. The molecule has 0 heterocycles. The van der Waals surface area contributed by atoms with Gasteiger partial charge in [-0.3, -0.25) is 0 Å². The summed E-state index contributed by atoms with van der Waals surface area (Å²) in [6.45, 7) is 1.67. The number of allylic oxidation sites excluding steroid dienone is 1. The molecule has 0 spiro atoms. The fourth-order valence-corrected chi connectivity index (χ4v) is 1.85. The van der Waals surface area contributed by atoms with Crippen molar-refractivity contribution >= 4 is 5.97 Å². The lowest BCUT2D eigenvalue weighted by atomic mass is 9.86. The molecule has 0 bridgehead atoms. The van der Waals surface area contributed by atoms with Crippen LogP contribution >= 0.6 is 0 Å². The Labute approximate surface area is 79.6 Å². The van der Waals surface area contributed by atoms with E-state index in [1.54, 1.807) is 6.92 Å². The third kappa shape index (κ3) is 3.62. The van der Waals surface area contributed by atoms with Gasteiger partial charge in [0.05, 0.1) is 0 Å². The van der Waals surface area contributed by atoms with Gasteiger partial charge >= 0.3 is 5.97 Å². The van der Waals surface area contributed by atoms with Gasteiger partial charge in [-0.2, -0.15) is 0 Å². The minimum absolute atomic E-state index is 0.491. The number of carbonyl (C=O) groups is 1. The zero-order valence-electron chi connectivity index (χ0n) is 8.25. The summed E-state index contributed by atoms with van der Waals surface area (Å²) in [5.74, 6) is -0.0427. The molecule has 1 fully saturated rings. The molecule has 0 radical (unpaired) electrons. The third-order valence-electron chi connectivity index (χ3n) is 2.82. The van der Waals surface area contributed by atoms with E-state index in [-0.39, 0.29) is 0 Å². The Morgan fingerprint density at radius 1 is 1.38 bits per heavy atom. The summed E-state index contributed by atoms with van der Waals surface area (Å²) in [6, 6.07) is 0. The highest BCUT2D eigenvalue weighted by Gasteiger charge is 2.12. The molecule has 0 aliphatic heterocycles. The summed E-state index contributed by atoms with van der Waals surface area (Å²) in [4.78, 5) is 10.5. The van der Waals surface area contributed by atoms with Crippen LogP contribution in [0.2, 0.25) is 0 Å². The van der Waals surface area contributed by atoms with E-state index >= 15 is 0 Å². The number of carboxylic acids is 1. The molecule has 0 aromatic heterocycles. The van der Waals surface area contributed by atoms with E-state index in [0.717, 1.165) is 12.3 Å². The number of aliphatic carboxylic acids is 1. The summed E-state index contributed by atoms with van der Waals surface area (Å²) in [5, 5.41) is 8.64. The fourth-order valence-electron chi connectivity index (χ4n) is 1.85. The summed E-state index contributed by atoms with van der Waals surface area (Å²) in [5.41, 5.74) is 0.491. The highest BCUT2D eigenvalue weighted by molar-refractivity contribution is 5.85. The summed E-state index contributed by atoms with van der Waals surface area (Å²) < 4.78 is 0. The molecule has 0 saturated heterocycles. The Kier molecular flexibility index (Phi) is 4.00. The van der Waals surface area contributed by atoms with Crippen LogP contribution in [0.3, 0.4) is 0 Å². The molecule has 0 aromatic rings. The molecule has 0 aromatic carbocycles. The predicted octanol–water partition coefficient (Wildman–Crippen LogP) is 2.99. The first-order valence-corrected chi connectivity index (χ1v) is 5.10. The first-order valence-electron chi connectivity index (χ1n) is 5.10. The number of rotatable bonds is 3. The van der Waals surface area contributed by atoms with Crippen LogP contribution in [0.4, 0.5) is 0 Å². The first kappa shape index (κ1) is 10.3. The summed E-state index contributed by atoms with van der Waals surface area (Å²) in [7, 11) is 0. The second kappa shape index (κ2) is 5.05. The molecule has 0 amide bonds. The summed E-state index contributed by atoms with van der Waals surface area (Å²) >= 11 is 0. The van der Waals surface area contributed by atoms with E-state index in [0.29, 0.717) is 5.57 Å². The van der Waals surface area contributed by atoms with Crippen LogP contribution in [0.25, 0.3) is 0 Å². The second-order valence-electron chi connectivity index (χ2n) is 3.93. The van der Waals surface area contributed by atoms with Crippen molar-refractivity contribution in [3.05, 3.63) is 11.6 Å². The van der Waals surface area contributed by atoms with Crippen LogP contribution in [0.1, 0.15) is 45.4 Å². The molecule has 74 valence electrons. The van der Waals surface area contributed by atoms with E-state index in [9.17, 15) is 4.79 Å². The fraction of sp³-hybridized carbons (Fsp3) is 0.727. The highest BCUT2D eigenvalue weighted by atomic mass is 16.4. The molecule has 0 atom stereocenters. The van der Waals surface area contributed by atoms with Gasteiger partial charge in [-0.1, -0.05) is 38.2 Å². The molecule has 2 heteroatoms. The van der Waals surface area contributed by atoms with Gasteiger partial charge < -0.3 is 5.11 Å². The second-order valence-corrected chi connectivity index (χ2v) is 3.93. The van der Waals surface area contributed by atoms with Gasteiger partial charge in [0, 0.05) is 5.57 Å². The highest BCUT2D eigenvalue weighted by Crippen LogP contribution is 2.26. The average Bonchev–Trinajstić information content (AvgIpc) is 2.15. The molecule has 2 nitrogen and oxygen atoms in total. The van der Waals surface area contributed by atoms with Crippen LogP contribution in [-0.4, -0.2) is 11.1 Å². The minimum atomic E-state index is -0.782. The van der Waals surface area contributed by atoms with E-state index in [1.165, 1.54) is 32.1 Å². The quantitative estimate of drug-likeness (QED) is 0.681. The topological polar surface area (TPSA) is 37.3 Å². The van der Waals surface area contributed by atoms with Crippen LogP contribution in [-0.2, 0) is 4.79 Å². The molecular formula is C11H18O2. The van der Waals surface area contributed by atoms with Gasteiger partial charge in [-0.25, -0.2) is 4.79 Å². The van der Waals surface area contributed by atoms with Crippen LogP contribution in [0, 0.1) is 5.92 Å². The van der Waals surface area contributed by atoms with Gasteiger partial charge in [-0.05, 0) is 19.3 Å². The maximum atomic E-state index is 10.5. The van der Waals surface area contributed by atoms with Crippen LogP contribution in [0.15, 0.2) is 11.6 Å². The minimum Gasteiger partial charge on any atom is -0.478 e. The Morgan fingerprint density at radius 3 is 2.54 bits per heavy atom. The Hall–Kier alpha value is -0.790. The number of hydrogen-bond donors (Lipinski definition) is 1. The molecule has 1 rings (SSSR count). The Bertz CT molecular complexity index is 200. The lowest BCUT2D eigenvalue weighted by Crippen LogP contribution is -2.05. The summed E-state index contributed by atoms with van der Waals surface area (Å²) in [6.07, 6.45) is 9.40. The van der Waals surface area contributed by atoms with Gasteiger partial charge in [0.2, 0.25) is 0 Å². The zero-order chi connectivity index (χ0) is 9.68. The van der Waals surface area contributed by atoms with Crippen LogP contribution < -0.4 is 0 Å². The molecule has 1 aliphatic carbocycles. The number of carboxylic acid groups (broad SMARTS) is 1. The molecule has 0 unspecified atom stereocenters. The lowest BCUT2D eigenvalue weighted by molar-refractivity contribution is -0.132. The van der Waals surface area contributed by atoms with Crippen molar-refractivity contribution < 1.29 is 9.90 Å².